The smallest absolute Gasteiger partial charge is 0.475 e. The van der Waals surface area contributed by atoms with Crippen LogP contribution in [0, 0.1) is 0 Å². The number of carboxylic acids is 1. The maximum absolute atomic E-state index is 11.1. The molecule has 0 saturated carbocycles. The number of carboxylic acid groups (broad SMARTS) is 2. The summed E-state index contributed by atoms with van der Waals surface area (Å²) in [4.78, 5) is 21.3. The van der Waals surface area contributed by atoms with Crippen LogP contribution < -0.4 is 5.73 Å². The highest BCUT2D eigenvalue weighted by Gasteiger charge is 2.38. The van der Waals surface area contributed by atoms with E-state index >= 15 is 0 Å². The third-order valence-corrected chi connectivity index (χ3v) is 2.56. The molecule has 1 rings (SSSR count). The third-order valence-electron chi connectivity index (χ3n) is 2.56. The molecule has 0 fully saturated rings. The highest BCUT2D eigenvalue weighted by molar-refractivity contribution is 5.73. The fraction of sp³-hybridized carbons (Fsp3) is 0.429. The molecule has 0 bridgehead atoms. The SMILES string of the molecule is COCC(N)CN(Cc1ccccc1)C(=O)O.O=C(O)C(F)(F)F. The van der Waals surface area contributed by atoms with Gasteiger partial charge in [0.2, 0.25) is 0 Å². The minimum atomic E-state index is -5.08. The quantitative estimate of drug-likeness (QED) is 0.719. The van der Waals surface area contributed by atoms with Gasteiger partial charge in [-0.1, -0.05) is 30.3 Å². The Balaban J connectivity index is 0.000000640. The van der Waals surface area contributed by atoms with E-state index in [0.29, 0.717) is 13.2 Å². The Hall–Kier alpha value is -2.33. The standard InChI is InChI=1S/C12H18N2O3.C2HF3O2/c1-17-9-11(13)8-14(12(15)16)7-10-5-3-2-4-6-10;3-2(4,5)1(6)7/h2-6,11H,7-9,13H2,1H3,(H,15,16);(H,6,7). The average Bonchev–Trinajstić information content (AvgIpc) is 2.47. The van der Waals surface area contributed by atoms with Crippen molar-refractivity contribution in [3.63, 3.8) is 0 Å². The summed E-state index contributed by atoms with van der Waals surface area (Å²) in [6.07, 6.45) is -6.06. The van der Waals surface area contributed by atoms with E-state index in [1.165, 1.54) is 4.90 Å². The number of hydrogen-bond acceptors (Lipinski definition) is 4. The van der Waals surface area contributed by atoms with Gasteiger partial charge in [0.1, 0.15) is 0 Å². The van der Waals surface area contributed by atoms with Crippen LogP contribution in [-0.2, 0) is 16.1 Å². The molecule has 0 spiro atoms. The zero-order valence-corrected chi connectivity index (χ0v) is 12.9. The molecule has 0 aromatic heterocycles. The van der Waals surface area contributed by atoms with E-state index in [4.69, 9.17) is 25.5 Å². The first-order chi connectivity index (χ1) is 11.1. The van der Waals surface area contributed by atoms with Crippen molar-refractivity contribution in [1.29, 1.82) is 0 Å². The molecular formula is C14H19F3N2O5. The second-order valence-electron chi connectivity index (χ2n) is 4.67. The van der Waals surface area contributed by atoms with Crippen LogP contribution in [0.4, 0.5) is 18.0 Å². The van der Waals surface area contributed by atoms with Crippen LogP contribution in [0.3, 0.4) is 0 Å². The number of benzene rings is 1. The van der Waals surface area contributed by atoms with Gasteiger partial charge in [-0.15, -0.1) is 0 Å². The normalized spacial score (nSPS) is 11.9. The second kappa shape index (κ2) is 10.4. The number of methoxy groups -OCH3 is 1. The first-order valence-corrected chi connectivity index (χ1v) is 6.64. The van der Waals surface area contributed by atoms with Crippen LogP contribution in [-0.4, -0.2) is 59.7 Å². The van der Waals surface area contributed by atoms with Gasteiger partial charge in [0, 0.05) is 26.2 Å². The van der Waals surface area contributed by atoms with Crippen LogP contribution in [0.1, 0.15) is 5.56 Å². The molecule has 1 atom stereocenters. The molecule has 4 N–H and O–H groups in total. The van der Waals surface area contributed by atoms with Crippen molar-refractivity contribution in [2.75, 3.05) is 20.3 Å². The summed E-state index contributed by atoms with van der Waals surface area (Å²) < 4.78 is 36.6. The van der Waals surface area contributed by atoms with Gasteiger partial charge in [0.15, 0.2) is 0 Å². The number of hydrogen-bond donors (Lipinski definition) is 3. The van der Waals surface area contributed by atoms with E-state index in [1.807, 2.05) is 30.3 Å². The van der Waals surface area contributed by atoms with Crippen molar-refractivity contribution in [3.05, 3.63) is 35.9 Å². The Morgan fingerprint density at radius 1 is 1.25 bits per heavy atom. The molecule has 136 valence electrons. The van der Waals surface area contributed by atoms with Gasteiger partial charge < -0.3 is 25.6 Å². The van der Waals surface area contributed by atoms with Gasteiger partial charge in [-0.05, 0) is 5.56 Å². The molecule has 0 aliphatic carbocycles. The highest BCUT2D eigenvalue weighted by atomic mass is 19.4. The molecule has 1 unspecified atom stereocenters. The number of aliphatic carboxylic acids is 1. The molecule has 1 aromatic rings. The lowest BCUT2D eigenvalue weighted by Crippen LogP contribution is -2.42. The predicted molar refractivity (Wildman–Crippen MR) is 78.4 cm³/mol. The van der Waals surface area contributed by atoms with Crippen molar-refractivity contribution in [2.45, 2.75) is 18.8 Å². The Kier molecular flexibility index (Phi) is 9.43. The van der Waals surface area contributed by atoms with Gasteiger partial charge in [-0.2, -0.15) is 13.2 Å². The molecule has 0 aliphatic rings. The summed E-state index contributed by atoms with van der Waals surface area (Å²) in [5.41, 5.74) is 6.69. The van der Waals surface area contributed by atoms with Crippen molar-refractivity contribution in [1.82, 2.24) is 4.90 Å². The van der Waals surface area contributed by atoms with Gasteiger partial charge in [0.25, 0.3) is 0 Å². The monoisotopic (exact) mass is 352 g/mol. The number of nitrogens with two attached hydrogens (primary N) is 1. The van der Waals surface area contributed by atoms with Gasteiger partial charge >= 0.3 is 18.2 Å². The van der Waals surface area contributed by atoms with E-state index < -0.39 is 18.2 Å². The predicted octanol–water partition coefficient (Wildman–Crippen LogP) is 1.77. The van der Waals surface area contributed by atoms with E-state index in [2.05, 4.69) is 0 Å². The summed E-state index contributed by atoms with van der Waals surface area (Å²) in [5, 5.41) is 16.2. The molecule has 1 aromatic carbocycles. The lowest BCUT2D eigenvalue weighted by molar-refractivity contribution is -0.192. The summed E-state index contributed by atoms with van der Waals surface area (Å²) in [7, 11) is 1.54. The van der Waals surface area contributed by atoms with Gasteiger partial charge in [0.05, 0.1) is 6.61 Å². The summed E-state index contributed by atoms with van der Waals surface area (Å²) in [6.45, 7) is 0.949. The van der Waals surface area contributed by atoms with Crippen LogP contribution in [0.15, 0.2) is 30.3 Å². The molecule has 7 nitrogen and oxygen atoms in total. The summed E-state index contributed by atoms with van der Waals surface area (Å²) in [5.74, 6) is -2.76. The Morgan fingerprint density at radius 3 is 2.12 bits per heavy atom. The zero-order chi connectivity index (χ0) is 18.8. The lowest BCUT2D eigenvalue weighted by atomic mass is 10.2. The zero-order valence-electron chi connectivity index (χ0n) is 12.9. The topological polar surface area (TPSA) is 113 Å². The van der Waals surface area contributed by atoms with Gasteiger partial charge in [-0.3, -0.25) is 0 Å². The third kappa shape index (κ3) is 9.64. The van der Waals surface area contributed by atoms with Crippen molar-refractivity contribution in [3.8, 4) is 0 Å². The number of halogens is 3. The van der Waals surface area contributed by atoms with Crippen molar-refractivity contribution >= 4 is 12.1 Å². The molecule has 1 amide bonds. The lowest BCUT2D eigenvalue weighted by Gasteiger charge is -2.22. The second-order valence-corrected chi connectivity index (χ2v) is 4.67. The van der Waals surface area contributed by atoms with Crippen LogP contribution in [0.25, 0.3) is 0 Å². The number of nitrogens with zero attached hydrogens (tertiary/aromatic N) is 1. The maximum Gasteiger partial charge on any atom is 0.490 e. The minimum absolute atomic E-state index is 0.262. The maximum atomic E-state index is 11.1. The molecule has 0 heterocycles. The molecule has 24 heavy (non-hydrogen) atoms. The van der Waals surface area contributed by atoms with Gasteiger partial charge in [-0.25, -0.2) is 9.59 Å². The largest absolute Gasteiger partial charge is 0.490 e. The fourth-order valence-corrected chi connectivity index (χ4v) is 1.56. The van der Waals surface area contributed by atoms with E-state index in [9.17, 15) is 18.0 Å². The first-order valence-electron chi connectivity index (χ1n) is 6.64. The minimum Gasteiger partial charge on any atom is -0.475 e. The van der Waals surface area contributed by atoms with E-state index in [1.54, 1.807) is 7.11 Å². The molecule has 0 aliphatic heterocycles. The number of carbonyl (C=O) groups is 2. The fourth-order valence-electron chi connectivity index (χ4n) is 1.56. The highest BCUT2D eigenvalue weighted by Crippen LogP contribution is 2.13. The number of rotatable bonds is 6. The van der Waals surface area contributed by atoms with Crippen molar-refractivity contribution in [2.24, 2.45) is 5.73 Å². The Labute approximate surface area is 136 Å². The number of ether oxygens (including phenoxy) is 1. The average molecular weight is 352 g/mol. The molecular weight excluding hydrogens is 333 g/mol. The van der Waals surface area contributed by atoms with Crippen molar-refractivity contribution < 1.29 is 37.7 Å². The van der Waals surface area contributed by atoms with Crippen LogP contribution in [0.5, 0.6) is 0 Å². The van der Waals surface area contributed by atoms with Crippen LogP contribution in [0.2, 0.25) is 0 Å². The first kappa shape index (κ1) is 21.7. The molecule has 0 radical (unpaired) electrons. The summed E-state index contributed by atoms with van der Waals surface area (Å²) in [6, 6.07) is 9.12. The molecule has 0 saturated heterocycles. The summed E-state index contributed by atoms with van der Waals surface area (Å²) >= 11 is 0. The van der Waals surface area contributed by atoms with E-state index in [0.717, 1.165) is 5.56 Å². The molecule has 10 heteroatoms. The van der Waals surface area contributed by atoms with E-state index in [-0.39, 0.29) is 12.6 Å². The number of alkyl halides is 3. The Morgan fingerprint density at radius 2 is 1.75 bits per heavy atom. The van der Waals surface area contributed by atoms with Crippen LogP contribution >= 0.6 is 0 Å². The Bertz CT molecular complexity index is 511. The number of amides is 1.